The minimum atomic E-state index is -4.24. The molecule has 4 saturated carbocycles. The van der Waals surface area contributed by atoms with Gasteiger partial charge in [-0.2, -0.15) is 8.78 Å². The van der Waals surface area contributed by atoms with Gasteiger partial charge < -0.3 is 14.6 Å². The Morgan fingerprint density at radius 3 is 1.83 bits per heavy atom. The zero-order valence-corrected chi connectivity index (χ0v) is 14.4. The van der Waals surface area contributed by atoms with Gasteiger partial charge >= 0.3 is 11.9 Å². The Labute approximate surface area is 140 Å². The molecule has 0 aromatic carbocycles. The van der Waals surface area contributed by atoms with Crippen molar-refractivity contribution in [1.29, 1.82) is 0 Å². The van der Waals surface area contributed by atoms with Crippen molar-refractivity contribution in [2.45, 2.75) is 70.8 Å². The Kier molecular flexibility index (Phi) is 3.96. The van der Waals surface area contributed by atoms with Crippen LogP contribution >= 0.6 is 0 Å². The van der Waals surface area contributed by atoms with Gasteiger partial charge in [-0.15, -0.1) is 0 Å². The van der Waals surface area contributed by atoms with Crippen LogP contribution in [0.3, 0.4) is 0 Å². The number of aliphatic carboxylic acids is 1. The van der Waals surface area contributed by atoms with Gasteiger partial charge in [-0.3, -0.25) is 4.79 Å². The van der Waals surface area contributed by atoms with Gasteiger partial charge in [0.25, 0.3) is 0 Å². The summed E-state index contributed by atoms with van der Waals surface area (Å²) < 4.78 is 33.8. The maximum Gasteiger partial charge on any atom is 0.325 e. The molecule has 0 heterocycles. The minimum Gasteiger partial charge on any atom is -0.544 e. The van der Waals surface area contributed by atoms with Gasteiger partial charge in [0.15, 0.2) is 5.60 Å². The Hall–Kier alpha value is -1.20. The Morgan fingerprint density at radius 1 is 1.08 bits per heavy atom. The molecule has 136 valence electrons. The standard InChI is InChI=1S/C18H26F2O4/c1-10(2)16(3,18(19,20)14(21)22)24-15(23)17-7-11-4-12(8-17)6-13(5-11)9-17/h10-13H,4-9H2,1-3H3,(H,21,22)/p-1. The van der Waals surface area contributed by atoms with E-state index in [0.29, 0.717) is 37.0 Å². The molecule has 0 amide bonds. The molecule has 4 nitrogen and oxygen atoms in total. The zero-order chi connectivity index (χ0) is 17.9. The maximum atomic E-state index is 14.2. The van der Waals surface area contributed by atoms with Crippen molar-refractivity contribution < 1.29 is 28.2 Å². The van der Waals surface area contributed by atoms with Crippen molar-refractivity contribution in [3.8, 4) is 0 Å². The van der Waals surface area contributed by atoms with E-state index >= 15 is 0 Å². The number of esters is 1. The third kappa shape index (κ3) is 2.44. The number of carbonyl (C=O) groups is 2. The van der Waals surface area contributed by atoms with E-state index in [-0.39, 0.29) is 0 Å². The van der Waals surface area contributed by atoms with Crippen LogP contribution in [0.1, 0.15) is 59.3 Å². The van der Waals surface area contributed by atoms with E-state index in [2.05, 4.69) is 0 Å². The summed E-state index contributed by atoms with van der Waals surface area (Å²) in [5.74, 6) is -6.83. The first kappa shape index (κ1) is 17.6. The topological polar surface area (TPSA) is 66.4 Å². The van der Waals surface area contributed by atoms with Crippen molar-refractivity contribution in [1.82, 2.24) is 0 Å². The highest BCUT2D eigenvalue weighted by Crippen LogP contribution is 2.61. The number of carboxylic acid groups (broad SMARTS) is 1. The molecule has 4 fully saturated rings. The fourth-order valence-corrected chi connectivity index (χ4v) is 5.41. The summed E-state index contributed by atoms with van der Waals surface area (Å²) in [6, 6.07) is 0. The number of hydrogen-bond donors (Lipinski definition) is 0. The van der Waals surface area contributed by atoms with Crippen LogP contribution in [-0.2, 0) is 14.3 Å². The van der Waals surface area contributed by atoms with Crippen LogP contribution in [-0.4, -0.2) is 23.5 Å². The van der Waals surface area contributed by atoms with Crippen LogP contribution in [0.5, 0.6) is 0 Å². The lowest BCUT2D eigenvalue weighted by atomic mass is 9.49. The largest absolute Gasteiger partial charge is 0.544 e. The SMILES string of the molecule is CC(C)C(C)(OC(=O)C12CC3CC(CC(C3)C1)C2)C(F)(F)C(=O)[O-]. The van der Waals surface area contributed by atoms with Crippen molar-refractivity contribution in [2.75, 3.05) is 0 Å². The van der Waals surface area contributed by atoms with Crippen LogP contribution in [0.25, 0.3) is 0 Å². The third-order valence-corrected chi connectivity index (χ3v) is 6.76. The number of carboxylic acids is 1. The Balaban J connectivity index is 1.86. The smallest absolute Gasteiger partial charge is 0.325 e. The molecule has 1 atom stereocenters. The number of ether oxygens (including phenoxy) is 1. The number of carbonyl (C=O) groups excluding carboxylic acids is 2. The highest BCUT2D eigenvalue weighted by molar-refractivity contribution is 5.80. The first-order valence-corrected chi connectivity index (χ1v) is 8.83. The lowest BCUT2D eigenvalue weighted by Gasteiger charge is -2.56. The van der Waals surface area contributed by atoms with Gasteiger partial charge in [0.1, 0.15) is 5.97 Å². The highest BCUT2D eigenvalue weighted by atomic mass is 19.3. The van der Waals surface area contributed by atoms with Gasteiger partial charge in [0.2, 0.25) is 0 Å². The van der Waals surface area contributed by atoms with Crippen molar-refractivity contribution >= 4 is 11.9 Å². The fraction of sp³-hybridized carbons (Fsp3) is 0.889. The van der Waals surface area contributed by atoms with Crippen molar-refractivity contribution in [2.24, 2.45) is 29.1 Å². The maximum absolute atomic E-state index is 14.2. The highest BCUT2D eigenvalue weighted by Gasteiger charge is 2.61. The molecule has 4 aliphatic carbocycles. The predicted molar refractivity (Wildman–Crippen MR) is 79.9 cm³/mol. The summed E-state index contributed by atoms with van der Waals surface area (Å²) in [5, 5.41) is 10.9. The van der Waals surface area contributed by atoms with Gasteiger partial charge in [-0.05, 0) is 69.1 Å². The lowest BCUT2D eigenvalue weighted by molar-refractivity contribution is -0.346. The second-order valence-electron chi connectivity index (χ2n) is 8.71. The second-order valence-corrected chi connectivity index (χ2v) is 8.71. The Morgan fingerprint density at radius 2 is 1.50 bits per heavy atom. The fourth-order valence-electron chi connectivity index (χ4n) is 5.41. The van der Waals surface area contributed by atoms with Gasteiger partial charge in [0.05, 0.1) is 5.41 Å². The number of halogens is 2. The number of rotatable bonds is 5. The molecule has 0 N–H and O–H groups in total. The summed E-state index contributed by atoms with van der Waals surface area (Å²) in [5.41, 5.74) is -3.11. The predicted octanol–water partition coefficient (Wildman–Crippen LogP) is 2.55. The molecule has 24 heavy (non-hydrogen) atoms. The second kappa shape index (κ2) is 5.40. The number of alkyl halides is 2. The molecule has 1 unspecified atom stereocenters. The molecule has 0 radical (unpaired) electrons. The van der Waals surface area contributed by atoms with Crippen LogP contribution in [0.2, 0.25) is 0 Å². The van der Waals surface area contributed by atoms with E-state index in [1.807, 2.05) is 0 Å². The molecule has 4 rings (SSSR count). The molecular formula is C18H25F2O4-. The van der Waals surface area contributed by atoms with Crippen LogP contribution < -0.4 is 5.11 Å². The molecule has 4 bridgehead atoms. The van der Waals surface area contributed by atoms with Crippen LogP contribution in [0.4, 0.5) is 8.78 Å². The zero-order valence-electron chi connectivity index (χ0n) is 14.4. The average Bonchev–Trinajstić information content (AvgIpc) is 2.44. The van der Waals surface area contributed by atoms with Gasteiger partial charge in [0, 0.05) is 0 Å². The summed E-state index contributed by atoms with van der Waals surface area (Å²) in [6.45, 7) is 3.87. The van der Waals surface area contributed by atoms with Crippen molar-refractivity contribution in [3.05, 3.63) is 0 Å². The average molecular weight is 343 g/mol. The minimum absolute atomic E-state index is 0.468. The quantitative estimate of drug-likeness (QED) is 0.720. The first-order chi connectivity index (χ1) is 11.0. The van der Waals surface area contributed by atoms with E-state index in [1.54, 1.807) is 0 Å². The van der Waals surface area contributed by atoms with E-state index < -0.39 is 34.8 Å². The number of hydrogen-bond acceptors (Lipinski definition) is 4. The Bertz CT molecular complexity index is 522. The molecule has 6 heteroatoms. The summed E-state index contributed by atoms with van der Waals surface area (Å²) in [7, 11) is 0. The van der Waals surface area contributed by atoms with Crippen LogP contribution in [0, 0.1) is 29.1 Å². The molecule has 4 aliphatic rings. The van der Waals surface area contributed by atoms with Gasteiger partial charge in [-0.1, -0.05) is 13.8 Å². The van der Waals surface area contributed by atoms with E-state index in [9.17, 15) is 23.5 Å². The summed E-state index contributed by atoms with van der Waals surface area (Å²) >= 11 is 0. The van der Waals surface area contributed by atoms with Crippen LogP contribution in [0.15, 0.2) is 0 Å². The van der Waals surface area contributed by atoms with E-state index in [0.717, 1.165) is 26.2 Å². The first-order valence-electron chi connectivity index (χ1n) is 8.83. The molecular weight excluding hydrogens is 318 g/mol. The van der Waals surface area contributed by atoms with Crippen molar-refractivity contribution in [3.63, 3.8) is 0 Å². The van der Waals surface area contributed by atoms with E-state index in [4.69, 9.17) is 4.74 Å². The molecule has 0 spiro atoms. The molecule has 0 saturated heterocycles. The molecule has 0 aliphatic heterocycles. The molecule has 0 aromatic heterocycles. The lowest BCUT2D eigenvalue weighted by Crippen LogP contribution is -2.63. The molecule has 0 aromatic rings. The van der Waals surface area contributed by atoms with Gasteiger partial charge in [-0.25, -0.2) is 0 Å². The monoisotopic (exact) mass is 343 g/mol. The van der Waals surface area contributed by atoms with E-state index in [1.165, 1.54) is 13.8 Å². The third-order valence-electron chi connectivity index (χ3n) is 6.76. The normalized spacial score (nSPS) is 37.3. The summed E-state index contributed by atoms with van der Waals surface area (Å²) in [6.07, 6.45) is 5.39. The summed E-state index contributed by atoms with van der Waals surface area (Å²) in [4.78, 5) is 23.9.